The lowest BCUT2D eigenvalue weighted by Crippen LogP contribution is -2.27. The van der Waals surface area contributed by atoms with Gasteiger partial charge in [-0.25, -0.2) is 13.2 Å². The SMILES string of the molecule is C=CC1CCC(C2CCC(COc3ccc4c(c3F)-c3c-4cc(C)c(F)c3F)CC2)CC1. The monoisotopic (exact) mass is 440 g/mol. The van der Waals surface area contributed by atoms with E-state index in [0.29, 0.717) is 29.6 Å². The number of aryl methyl sites for hydroxylation is 1. The summed E-state index contributed by atoms with van der Waals surface area (Å²) in [5, 5.41) is 0. The van der Waals surface area contributed by atoms with Crippen molar-refractivity contribution >= 4 is 0 Å². The predicted molar refractivity (Wildman–Crippen MR) is 122 cm³/mol. The van der Waals surface area contributed by atoms with Crippen molar-refractivity contribution in [3.05, 3.63) is 53.9 Å². The van der Waals surface area contributed by atoms with Gasteiger partial charge in [-0.15, -0.1) is 6.58 Å². The van der Waals surface area contributed by atoms with Gasteiger partial charge in [-0.1, -0.05) is 6.08 Å². The molecule has 170 valence electrons. The lowest BCUT2D eigenvalue weighted by Gasteiger charge is -2.37. The molecule has 0 aliphatic heterocycles. The molecule has 0 amide bonds. The largest absolute Gasteiger partial charge is 0.490 e. The van der Waals surface area contributed by atoms with Gasteiger partial charge in [0, 0.05) is 11.1 Å². The first kappa shape index (κ1) is 21.6. The topological polar surface area (TPSA) is 9.23 Å². The van der Waals surface area contributed by atoms with Crippen LogP contribution >= 0.6 is 0 Å². The van der Waals surface area contributed by atoms with E-state index in [4.69, 9.17) is 4.74 Å². The van der Waals surface area contributed by atoms with Crippen molar-refractivity contribution in [2.24, 2.45) is 23.7 Å². The molecule has 0 radical (unpaired) electrons. The number of benzene rings is 2. The van der Waals surface area contributed by atoms with E-state index < -0.39 is 17.5 Å². The summed E-state index contributed by atoms with van der Waals surface area (Å²) in [5.74, 6) is 0.462. The number of hydrogen-bond acceptors (Lipinski definition) is 1. The Hall–Kier alpha value is -2.23. The van der Waals surface area contributed by atoms with Crippen molar-refractivity contribution in [2.75, 3.05) is 6.61 Å². The van der Waals surface area contributed by atoms with E-state index >= 15 is 4.39 Å². The van der Waals surface area contributed by atoms with Gasteiger partial charge in [0.25, 0.3) is 0 Å². The van der Waals surface area contributed by atoms with Crippen LogP contribution in [-0.4, -0.2) is 6.61 Å². The second kappa shape index (κ2) is 8.61. The van der Waals surface area contributed by atoms with Crippen LogP contribution in [0.3, 0.4) is 0 Å². The third kappa shape index (κ3) is 3.66. The van der Waals surface area contributed by atoms with Crippen LogP contribution in [0.25, 0.3) is 22.3 Å². The summed E-state index contributed by atoms with van der Waals surface area (Å²) >= 11 is 0. The average molecular weight is 441 g/mol. The van der Waals surface area contributed by atoms with Crippen LogP contribution in [-0.2, 0) is 0 Å². The molecule has 2 saturated carbocycles. The molecule has 1 nitrogen and oxygen atoms in total. The molecule has 2 fully saturated rings. The molecular formula is C28H31F3O. The Morgan fingerprint density at radius 1 is 0.844 bits per heavy atom. The Morgan fingerprint density at radius 3 is 2.12 bits per heavy atom. The number of halogens is 3. The van der Waals surface area contributed by atoms with Crippen LogP contribution in [0.1, 0.15) is 56.9 Å². The molecule has 3 aliphatic carbocycles. The standard InChI is InChI=1S/C28H31F3O/c1-3-17-4-8-19(9-5-17)20-10-6-18(7-11-20)15-32-23-13-12-21-22-14-16(2)26(29)28(31)25(22)24(21)27(23)30/h3,12-14,17-20H,1,4-11,15H2,2H3. The lowest BCUT2D eigenvalue weighted by molar-refractivity contribution is 0.127. The maximum Gasteiger partial charge on any atom is 0.173 e. The van der Waals surface area contributed by atoms with Crippen molar-refractivity contribution in [2.45, 2.75) is 58.3 Å². The molecule has 0 atom stereocenters. The maximum atomic E-state index is 15.1. The second-order valence-electron chi connectivity index (χ2n) is 10.0. The van der Waals surface area contributed by atoms with Gasteiger partial charge in [0.15, 0.2) is 23.2 Å². The summed E-state index contributed by atoms with van der Waals surface area (Å²) in [6.07, 6.45) is 12.0. The van der Waals surface area contributed by atoms with Crippen LogP contribution in [0.2, 0.25) is 0 Å². The normalized spacial score (nSPS) is 26.6. The van der Waals surface area contributed by atoms with Gasteiger partial charge in [-0.05, 0) is 117 Å². The van der Waals surface area contributed by atoms with Gasteiger partial charge in [0.05, 0.1) is 6.61 Å². The third-order valence-electron chi connectivity index (χ3n) is 8.22. The van der Waals surface area contributed by atoms with E-state index in [1.165, 1.54) is 45.4 Å². The Morgan fingerprint density at radius 2 is 1.47 bits per heavy atom. The molecular weight excluding hydrogens is 409 g/mol. The molecule has 0 N–H and O–H groups in total. The zero-order valence-electron chi connectivity index (χ0n) is 18.7. The van der Waals surface area contributed by atoms with E-state index in [9.17, 15) is 8.78 Å². The second-order valence-corrected chi connectivity index (χ2v) is 10.0. The molecule has 2 aromatic carbocycles. The Bertz CT molecular complexity index is 1030. The highest BCUT2D eigenvalue weighted by molar-refractivity contribution is 6.03. The smallest absolute Gasteiger partial charge is 0.173 e. The van der Waals surface area contributed by atoms with Gasteiger partial charge in [-0.2, -0.15) is 0 Å². The number of allylic oxidation sites excluding steroid dienone is 1. The molecule has 0 aromatic heterocycles. The molecule has 0 unspecified atom stereocenters. The van der Waals surface area contributed by atoms with E-state index in [0.717, 1.165) is 24.7 Å². The fraction of sp³-hybridized carbons (Fsp3) is 0.500. The molecule has 5 rings (SSSR count). The van der Waals surface area contributed by atoms with Crippen molar-refractivity contribution < 1.29 is 17.9 Å². The van der Waals surface area contributed by atoms with Gasteiger partial charge < -0.3 is 4.74 Å². The number of rotatable bonds is 5. The van der Waals surface area contributed by atoms with Crippen molar-refractivity contribution in [3.8, 4) is 28.0 Å². The Kier molecular flexibility index (Phi) is 5.81. The first-order valence-electron chi connectivity index (χ1n) is 12.0. The third-order valence-corrected chi connectivity index (χ3v) is 8.22. The highest BCUT2D eigenvalue weighted by Gasteiger charge is 2.34. The summed E-state index contributed by atoms with van der Waals surface area (Å²) < 4.78 is 49.4. The fourth-order valence-electron chi connectivity index (χ4n) is 6.17. The van der Waals surface area contributed by atoms with Crippen LogP contribution in [0.15, 0.2) is 30.9 Å². The predicted octanol–water partition coefficient (Wildman–Crippen LogP) is 8.24. The molecule has 0 spiro atoms. The molecule has 0 heterocycles. The van der Waals surface area contributed by atoms with Crippen molar-refractivity contribution in [3.63, 3.8) is 0 Å². The van der Waals surface area contributed by atoms with Crippen LogP contribution in [0.4, 0.5) is 13.2 Å². The van der Waals surface area contributed by atoms with Gasteiger partial charge in [0.1, 0.15) is 0 Å². The Labute approximate surface area is 188 Å². The zero-order chi connectivity index (χ0) is 22.4. The van der Waals surface area contributed by atoms with E-state index in [-0.39, 0.29) is 22.4 Å². The summed E-state index contributed by atoms with van der Waals surface area (Å²) in [5.41, 5.74) is 1.61. The molecule has 0 bridgehead atoms. The first-order valence-corrected chi connectivity index (χ1v) is 12.0. The quantitative estimate of drug-likeness (QED) is 0.363. The maximum absolute atomic E-state index is 15.1. The summed E-state index contributed by atoms with van der Waals surface area (Å²) in [6, 6.07) is 4.96. The van der Waals surface area contributed by atoms with Crippen LogP contribution < -0.4 is 4.74 Å². The highest BCUT2D eigenvalue weighted by atomic mass is 19.2. The van der Waals surface area contributed by atoms with E-state index in [1.54, 1.807) is 18.2 Å². The van der Waals surface area contributed by atoms with Crippen molar-refractivity contribution in [1.82, 2.24) is 0 Å². The van der Waals surface area contributed by atoms with E-state index in [1.807, 2.05) is 0 Å². The summed E-state index contributed by atoms with van der Waals surface area (Å²) in [4.78, 5) is 0. The van der Waals surface area contributed by atoms with Crippen molar-refractivity contribution in [1.29, 1.82) is 0 Å². The highest BCUT2D eigenvalue weighted by Crippen LogP contribution is 2.52. The number of hydrogen-bond donors (Lipinski definition) is 0. The minimum atomic E-state index is -0.969. The van der Waals surface area contributed by atoms with E-state index in [2.05, 4.69) is 12.7 Å². The van der Waals surface area contributed by atoms with Crippen LogP contribution in [0.5, 0.6) is 5.75 Å². The summed E-state index contributed by atoms with van der Waals surface area (Å²) in [6.45, 7) is 5.94. The molecule has 0 saturated heterocycles. The zero-order valence-corrected chi connectivity index (χ0v) is 18.7. The average Bonchev–Trinajstić information content (AvgIpc) is 2.81. The minimum absolute atomic E-state index is 0.0396. The lowest BCUT2D eigenvalue weighted by atomic mass is 9.69. The molecule has 4 heteroatoms. The van der Waals surface area contributed by atoms with Gasteiger partial charge in [0.2, 0.25) is 0 Å². The number of fused-ring (bicyclic) bond motifs is 4. The first-order chi connectivity index (χ1) is 15.5. The summed E-state index contributed by atoms with van der Waals surface area (Å²) in [7, 11) is 0. The number of ether oxygens (including phenoxy) is 1. The van der Waals surface area contributed by atoms with Gasteiger partial charge in [-0.3, -0.25) is 0 Å². The van der Waals surface area contributed by atoms with Crippen LogP contribution in [0, 0.1) is 48.0 Å². The Balaban J connectivity index is 1.19. The fourth-order valence-corrected chi connectivity index (χ4v) is 6.17. The van der Waals surface area contributed by atoms with Gasteiger partial charge >= 0.3 is 0 Å². The molecule has 3 aliphatic rings. The minimum Gasteiger partial charge on any atom is -0.490 e. The molecule has 32 heavy (non-hydrogen) atoms. The molecule has 2 aromatic rings.